The average molecular weight is 583 g/mol. The monoisotopic (exact) mass is 583 g/mol. The molecule has 1 aromatic heterocycles. The SMILES string of the molecule is N.O=c1ccn(C2OC(COP(=O)(O)OP(=O)(O)OC3OC(CO)C(O)C(O)C3O)C(O)C2O)c(=O)[nH]1. The van der Waals surface area contributed by atoms with E-state index in [1.165, 1.54) is 0 Å². The van der Waals surface area contributed by atoms with Crippen LogP contribution in [-0.4, -0.2) is 112 Å². The normalized spacial score (nSPS) is 37.4. The van der Waals surface area contributed by atoms with Crippen LogP contribution in [0, 0.1) is 0 Å². The quantitative estimate of drug-likeness (QED) is 0.122. The number of nitrogens with zero attached hydrogens (tertiary/aromatic N) is 1. The topological polar surface area (TPSA) is 332 Å². The first-order chi connectivity index (χ1) is 16.7. The van der Waals surface area contributed by atoms with Gasteiger partial charge in [0.1, 0.15) is 42.7 Å². The number of ether oxygens (including phenoxy) is 2. The fourth-order valence-corrected chi connectivity index (χ4v) is 5.51. The summed E-state index contributed by atoms with van der Waals surface area (Å²) in [6.07, 6.45) is -15.4. The Bertz CT molecular complexity index is 1130. The molecule has 3 rings (SSSR count). The largest absolute Gasteiger partial charge is 0.483 e. The number of hydrogen-bond acceptors (Lipinski definition) is 16. The Morgan fingerprint density at radius 2 is 1.54 bits per heavy atom. The van der Waals surface area contributed by atoms with Gasteiger partial charge in [0.05, 0.1) is 13.2 Å². The molecule has 2 aliphatic heterocycles. The molecule has 12 N–H and O–H groups in total. The minimum atomic E-state index is -5.59. The molecule has 2 saturated heterocycles. The van der Waals surface area contributed by atoms with E-state index in [-0.39, 0.29) is 6.15 Å². The van der Waals surface area contributed by atoms with Crippen LogP contribution in [0.3, 0.4) is 0 Å². The Labute approximate surface area is 206 Å². The summed E-state index contributed by atoms with van der Waals surface area (Å²) in [6, 6.07) is 0.928. The van der Waals surface area contributed by atoms with E-state index in [9.17, 15) is 54.0 Å². The number of aromatic amines is 1. The van der Waals surface area contributed by atoms with Crippen LogP contribution in [0.4, 0.5) is 0 Å². The summed E-state index contributed by atoms with van der Waals surface area (Å²) in [5, 5.41) is 58.6. The minimum Gasteiger partial charge on any atom is -0.394 e. The zero-order chi connectivity index (χ0) is 27.0. The number of aliphatic hydroxyl groups is 6. The van der Waals surface area contributed by atoms with Crippen molar-refractivity contribution in [2.24, 2.45) is 0 Å². The maximum absolute atomic E-state index is 12.2. The lowest BCUT2D eigenvalue weighted by atomic mass is 10.00. The zero-order valence-corrected chi connectivity index (χ0v) is 20.4. The van der Waals surface area contributed by atoms with Gasteiger partial charge in [-0.3, -0.25) is 23.4 Å². The number of aromatic nitrogens is 2. The van der Waals surface area contributed by atoms with E-state index in [0.717, 1.165) is 16.8 Å². The Hall–Kier alpha value is -1.42. The first-order valence-electron chi connectivity index (χ1n) is 9.99. The van der Waals surface area contributed by atoms with Crippen LogP contribution in [0.25, 0.3) is 0 Å². The van der Waals surface area contributed by atoms with Crippen molar-refractivity contribution >= 4 is 15.6 Å². The summed E-state index contributed by atoms with van der Waals surface area (Å²) < 4.78 is 48.1. The second-order valence-electron chi connectivity index (χ2n) is 7.68. The average Bonchev–Trinajstić information content (AvgIpc) is 3.06. The van der Waals surface area contributed by atoms with Crippen LogP contribution in [0.5, 0.6) is 0 Å². The summed E-state index contributed by atoms with van der Waals surface area (Å²) in [7, 11) is -11.1. The molecule has 37 heavy (non-hydrogen) atoms. The predicted octanol–water partition coefficient (Wildman–Crippen LogP) is -4.63. The molecule has 20 nitrogen and oxygen atoms in total. The third kappa shape index (κ3) is 7.37. The fourth-order valence-electron chi connectivity index (χ4n) is 3.35. The number of phosphoric acid groups is 2. The van der Waals surface area contributed by atoms with Crippen molar-refractivity contribution in [3.8, 4) is 0 Å². The van der Waals surface area contributed by atoms with Gasteiger partial charge in [-0.05, 0) is 0 Å². The third-order valence-corrected chi connectivity index (χ3v) is 7.76. The molecular weight excluding hydrogens is 556 g/mol. The third-order valence-electron chi connectivity index (χ3n) is 5.16. The first-order valence-corrected chi connectivity index (χ1v) is 13.0. The van der Waals surface area contributed by atoms with Crippen molar-refractivity contribution in [1.29, 1.82) is 0 Å². The summed E-state index contributed by atoms with van der Waals surface area (Å²) in [5.41, 5.74) is -1.75. The molecule has 3 heterocycles. The molecule has 0 spiro atoms. The van der Waals surface area contributed by atoms with Gasteiger partial charge >= 0.3 is 21.3 Å². The molecule has 11 atom stereocenters. The molecule has 22 heteroatoms. The van der Waals surface area contributed by atoms with E-state index in [1.54, 1.807) is 0 Å². The number of H-pyrrole nitrogens is 1. The molecule has 1 aromatic rings. The van der Waals surface area contributed by atoms with Crippen molar-refractivity contribution in [1.82, 2.24) is 15.7 Å². The maximum atomic E-state index is 12.2. The van der Waals surface area contributed by atoms with Gasteiger partial charge in [-0.15, -0.1) is 0 Å². The van der Waals surface area contributed by atoms with Crippen molar-refractivity contribution in [3.05, 3.63) is 33.1 Å². The van der Waals surface area contributed by atoms with Crippen LogP contribution in [0.2, 0.25) is 0 Å². The molecule has 2 fully saturated rings. The van der Waals surface area contributed by atoms with Gasteiger partial charge in [0.15, 0.2) is 12.5 Å². The Morgan fingerprint density at radius 3 is 2.14 bits per heavy atom. The lowest BCUT2D eigenvalue weighted by molar-refractivity contribution is -0.280. The summed E-state index contributed by atoms with van der Waals surface area (Å²) in [4.78, 5) is 44.5. The fraction of sp³-hybridized carbons (Fsp3) is 0.733. The van der Waals surface area contributed by atoms with E-state index in [4.69, 9.17) is 14.6 Å². The van der Waals surface area contributed by atoms with Gasteiger partial charge in [0, 0.05) is 12.3 Å². The van der Waals surface area contributed by atoms with Crippen LogP contribution < -0.4 is 17.4 Å². The van der Waals surface area contributed by atoms with Crippen molar-refractivity contribution in [3.63, 3.8) is 0 Å². The molecule has 11 unspecified atom stereocenters. The second kappa shape index (κ2) is 12.2. The van der Waals surface area contributed by atoms with Crippen LogP contribution in [0.15, 0.2) is 21.9 Å². The highest BCUT2D eigenvalue weighted by molar-refractivity contribution is 7.61. The maximum Gasteiger partial charge on any atom is 0.483 e. The highest BCUT2D eigenvalue weighted by atomic mass is 31.3. The number of hydrogen-bond donors (Lipinski definition) is 10. The summed E-state index contributed by atoms with van der Waals surface area (Å²) >= 11 is 0. The molecular formula is C15H27N3O17P2. The molecule has 0 amide bonds. The van der Waals surface area contributed by atoms with Gasteiger partial charge in [0.2, 0.25) is 0 Å². The molecule has 2 aliphatic rings. The van der Waals surface area contributed by atoms with E-state index in [1.807, 2.05) is 4.98 Å². The Balaban J connectivity index is 0.00000481. The predicted molar refractivity (Wildman–Crippen MR) is 114 cm³/mol. The number of nitrogens with one attached hydrogen (secondary N) is 1. The van der Waals surface area contributed by atoms with Gasteiger partial charge in [-0.2, -0.15) is 4.31 Å². The Morgan fingerprint density at radius 1 is 0.919 bits per heavy atom. The highest BCUT2D eigenvalue weighted by Crippen LogP contribution is 2.61. The highest BCUT2D eigenvalue weighted by Gasteiger charge is 2.49. The standard InChI is InChI=1S/C15H24N2O17P2.H3N/c18-3-5-8(20)10(22)12(24)14(32-5)33-36(28,29)34-35(26,27)30-4-6-9(21)11(23)13(31-6)17-2-1-7(19)16-15(17)25;/h1-2,5-6,8-14,18,20-24H,3-4H2,(H,26,27)(H,28,29)(H,16,19,25);1H3. The Kier molecular flexibility index (Phi) is 10.5. The number of rotatable bonds is 9. The molecule has 214 valence electrons. The van der Waals surface area contributed by atoms with Crippen LogP contribution in [0.1, 0.15) is 6.23 Å². The van der Waals surface area contributed by atoms with Gasteiger partial charge in [0.25, 0.3) is 5.56 Å². The van der Waals surface area contributed by atoms with E-state index >= 15 is 0 Å². The number of aliphatic hydroxyl groups excluding tert-OH is 6. The smallest absolute Gasteiger partial charge is 0.394 e. The summed E-state index contributed by atoms with van der Waals surface area (Å²) in [6.45, 7) is -1.93. The molecule has 0 aliphatic carbocycles. The lowest BCUT2D eigenvalue weighted by Gasteiger charge is -2.39. The number of phosphoric ester groups is 2. The molecule has 0 aromatic carbocycles. The van der Waals surface area contributed by atoms with Gasteiger partial charge in [-0.25, -0.2) is 13.9 Å². The van der Waals surface area contributed by atoms with Crippen molar-refractivity contribution in [2.45, 2.75) is 55.2 Å². The lowest BCUT2D eigenvalue weighted by Crippen LogP contribution is -2.58. The molecule has 0 radical (unpaired) electrons. The van der Waals surface area contributed by atoms with E-state index in [2.05, 4.69) is 13.4 Å². The van der Waals surface area contributed by atoms with E-state index in [0.29, 0.717) is 0 Å². The molecule has 0 saturated carbocycles. The van der Waals surface area contributed by atoms with Crippen LogP contribution >= 0.6 is 15.6 Å². The zero-order valence-electron chi connectivity index (χ0n) is 18.6. The van der Waals surface area contributed by atoms with Crippen LogP contribution in [-0.2, 0) is 32.0 Å². The first kappa shape index (κ1) is 31.8. The van der Waals surface area contributed by atoms with E-state index < -0.39 is 95.4 Å². The minimum absolute atomic E-state index is 0. The molecule has 0 bridgehead atoms. The van der Waals surface area contributed by atoms with Crippen molar-refractivity contribution < 1.29 is 72.4 Å². The summed E-state index contributed by atoms with van der Waals surface area (Å²) in [5.74, 6) is 0. The van der Waals surface area contributed by atoms with Gasteiger partial charge in [-0.1, -0.05) is 0 Å². The van der Waals surface area contributed by atoms with Gasteiger partial charge < -0.3 is 56.1 Å². The second-order valence-corrected chi connectivity index (χ2v) is 10.7. The van der Waals surface area contributed by atoms with Crippen molar-refractivity contribution in [2.75, 3.05) is 13.2 Å².